The SMILES string of the molecule is CC(C)CN(c1ccc(C(O)(C2=CCCCC2)C(F)(F)F)cc1)S(=O)(=O)c1ccccc1. The second-order valence-corrected chi connectivity index (χ2v) is 10.3. The zero-order valence-electron chi connectivity index (χ0n) is 18.1. The molecule has 1 atom stereocenters. The van der Waals surface area contributed by atoms with Crippen molar-refractivity contribution in [3.8, 4) is 0 Å². The monoisotopic (exact) mass is 467 g/mol. The normalized spacial score (nSPS) is 17.0. The maximum absolute atomic E-state index is 14.0. The number of nitrogens with zero attached hydrogens (tertiary/aromatic N) is 1. The molecular formula is C24H28F3NO3S. The number of alkyl halides is 3. The van der Waals surface area contributed by atoms with Crippen LogP contribution >= 0.6 is 0 Å². The molecule has 0 saturated heterocycles. The van der Waals surface area contributed by atoms with E-state index in [-0.39, 0.29) is 40.6 Å². The fourth-order valence-corrected chi connectivity index (χ4v) is 5.61. The molecule has 0 radical (unpaired) electrons. The zero-order chi connectivity index (χ0) is 23.6. The summed E-state index contributed by atoms with van der Waals surface area (Å²) in [5.74, 6) is -0.0207. The molecule has 2 aromatic rings. The lowest BCUT2D eigenvalue weighted by molar-refractivity contribution is -0.251. The van der Waals surface area contributed by atoms with Crippen molar-refractivity contribution in [1.82, 2.24) is 0 Å². The summed E-state index contributed by atoms with van der Waals surface area (Å²) in [5.41, 5.74) is -3.22. The van der Waals surface area contributed by atoms with Gasteiger partial charge in [-0.2, -0.15) is 13.2 Å². The number of allylic oxidation sites excluding steroid dienone is 1. The van der Waals surface area contributed by atoms with Crippen LogP contribution < -0.4 is 4.31 Å². The number of anilines is 1. The van der Waals surface area contributed by atoms with Gasteiger partial charge in [0.15, 0.2) is 0 Å². The van der Waals surface area contributed by atoms with Crippen LogP contribution in [0.2, 0.25) is 0 Å². The first-order chi connectivity index (χ1) is 15.0. The highest BCUT2D eigenvalue weighted by atomic mass is 32.2. The molecule has 0 saturated carbocycles. The van der Waals surface area contributed by atoms with Crippen LogP contribution in [0.1, 0.15) is 45.1 Å². The van der Waals surface area contributed by atoms with Gasteiger partial charge < -0.3 is 5.11 Å². The molecule has 3 rings (SSSR count). The summed E-state index contributed by atoms with van der Waals surface area (Å²) >= 11 is 0. The van der Waals surface area contributed by atoms with Gasteiger partial charge >= 0.3 is 6.18 Å². The number of hydrogen-bond acceptors (Lipinski definition) is 3. The maximum Gasteiger partial charge on any atom is 0.425 e. The van der Waals surface area contributed by atoms with Gasteiger partial charge in [0.1, 0.15) is 0 Å². The number of rotatable bonds is 7. The van der Waals surface area contributed by atoms with Crippen LogP contribution in [0.4, 0.5) is 18.9 Å². The summed E-state index contributed by atoms with van der Waals surface area (Å²) in [6, 6.07) is 12.9. The number of aliphatic hydroxyl groups is 1. The van der Waals surface area contributed by atoms with E-state index in [2.05, 4.69) is 0 Å². The molecule has 32 heavy (non-hydrogen) atoms. The minimum absolute atomic E-state index is 0.0207. The Morgan fingerprint density at radius 3 is 2.12 bits per heavy atom. The smallest absolute Gasteiger partial charge is 0.372 e. The summed E-state index contributed by atoms with van der Waals surface area (Å²) in [6.07, 6.45) is -1.40. The molecule has 1 unspecified atom stereocenters. The fraction of sp³-hybridized carbons (Fsp3) is 0.417. The summed E-state index contributed by atoms with van der Waals surface area (Å²) < 4.78 is 69.7. The van der Waals surface area contributed by atoms with Crippen molar-refractivity contribution in [2.24, 2.45) is 5.92 Å². The minimum Gasteiger partial charge on any atom is -0.372 e. The van der Waals surface area contributed by atoms with Crippen molar-refractivity contribution >= 4 is 15.7 Å². The van der Waals surface area contributed by atoms with Gasteiger partial charge in [-0.25, -0.2) is 8.42 Å². The van der Waals surface area contributed by atoms with Gasteiger partial charge in [-0.1, -0.05) is 50.3 Å². The van der Waals surface area contributed by atoms with E-state index in [1.165, 1.54) is 46.8 Å². The minimum atomic E-state index is -4.90. The van der Waals surface area contributed by atoms with E-state index in [1.54, 1.807) is 18.2 Å². The third-order valence-corrected chi connectivity index (χ3v) is 7.41. The van der Waals surface area contributed by atoms with Crippen LogP contribution in [0.25, 0.3) is 0 Å². The molecule has 1 N–H and O–H groups in total. The summed E-state index contributed by atoms with van der Waals surface area (Å²) in [4.78, 5) is 0.101. The van der Waals surface area contributed by atoms with E-state index >= 15 is 0 Å². The lowest BCUT2D eigenvalue weighted by Gasteiger charge is -2.35. The van der Waals surface area contributed by atoms with Crippen LogP contribution in [0.3, 0.4) is 0 Å². The van der Waals surface area contributed by atoms with E-state index in [0.717, 1.165) is 6.42 Å². The molecule has 0 heterocycles. The summed E-state index contributed by atoms with van der Waals surface area (Å²) in [7, 11) is -3.91. The van der Waals surface area contributed by atoms with Gasteiger partial charge in [-0.15, -0.1) is 0 Å². The predicted octanol–water partition coefficient (Wildman–Crippen LogP) is 5.79. The summed E-state index contributed by atoms with van der Waals surface area (Å²) in [6.45, 7) is 3.88. The number of hydrogen-bond donors (Lipinski definition) is 1. The molecular weight excluding hydrogens is 439 g/mol. The number of benzene rings is 2. The maximum atomic E-state index is 14.0. The third-order valence-electron chi connectivity index (χ3n) is 5.60. The van der Waals surface area contributed by atoms with Gasteiger partial charge in [0.25, 0.3) is 10.0 Å². The highest BCUT2D eigenvalue weighted by Crippen LogP contribution is 2.47. The molecule has 0 fully saturated rings. The van der Waals surface area contributed by atoms with Gasteiger partial charge in [-0.3, -0.25) is 4.31 Å². The molecule has 1 aliphatic rings. The molecule has 8 heteroatoms. The Labute approximate surface area is 187 Å². The second-order valence-electron chi connectivity index (χ2n) is 8.47. The zero-order valence-corrected chi connectivity index (χ0v) is 19.0. The van der Waals surface area contributed by atoms with Crippen molar-refractivity contribution in [3.63, 3.8) is 0 Å². The predicted molar refractivity (Wildman–Crippen MR) is 119 cm³/mol. The first-order valence-corrected chi connectivity index (χ1v) is 12.1. The number of sulfonamides is 1. The Balaban J connectivity index is 2.04. The van der Waals surface area contributed by atoms with Gasteiger partial charge in [0, 0.05) is 6.54 Å². The Bertz CT molecular complexity index is 1050. The first-order valence-electron chi connectivity index (χ1n) is 10.6. The highest BCUT2D eigenvalue weighted by molar-refractivity contribution is 7.92. The van der Waals surface area contributed by atoms with Crippen LogP contribution in [-0.2, 0) is 15.6 Å². The van der Waals surface area contributed by atoms with Crippen molar-refractivity contribution in [2.45, 2.75) is 56.2 Å². The van der Waals surface area contributed by atoms with Crippen molar-refractivity contribution < 1.29 is 26.7 Å². The van der Waals surface area contributed by atoms with Crippen LogP contribution in [0.5, 0.6) is 0 Å². The van der Waals surface area contributed by atoms with Crippen molar-refractivity contribution in [2.75, 3.05) is 10.8 Å². The van der Waals surface area contributed by atoms with Gasteiger partial charge in [0.2, 0.25) is 5.60 Å². The molecule has 1 aliphatic carbocycles. The Morgan fingerprint density at radius 1 is 1.00 bits per heavy atom. The Morgan fingerprint density at radius 2 is 1.62 bits per heavy atom. The second kappa shape index (κ2) is 9.27. The molecule has 174 valence electrons. The van der Waals surface area contributed by atoms with Crippen LogP contribution in [-0.4, -0.2) is 26.2 Å². The molecule has 0 amide bonds. The average Bonchev–Trinajstić information content (AvgIpc) is 2.77. The first kappa shape index (κ1) is 24.3. The highest BCUT2D eigenvalue weighted by Gasteiger charge is 2.57. The Kier molecular flexibility index (Phi) is 7.05. The lowest BCUT2D eigenvalue weighted by Crippen LogP contribution is -2.44. The molecule has 0 aliphatic heterocycles. The Hall–Kier alpha value is -2.32. The van der Waals surface area contributed by atoms with Gasteiger partial charge in [-0.05, 0) is 67.0 Å². The quantitative estimate of drug-likeness (QED) is 0.525. The third kappa shape index (κ3) is 4.71. The van der Waals surface area contributed by atoms with Crippen LogP contribution in [0, 0.1) is 5.92 Å². The van der Waals surface area contributed by atoms with E-state index in [4.69, 9.17) is 0 Å². The number of halogens is 3. The standard InChI is InChI=1S/C24H28F3NO3S/c1-18(2)17-28(32(30,31)22-11-7-4-8-12-22)21-15-13-20(14-16-21)23(29,24(25,26)27)19-9-5-3-6-10-19/h4,7-9,11-16,18,29H,3,5-6,10,17H2,1-2H3. The molecule has 2 aromatic carbocycles. The van der Waals surface area contributed by atoms with E-state index in [0.29, 0.717) is 12.8 Å². The fourth-order valence-electron chi connectivity index (χ4n) is 3.96. The summed E-state index contributed by atoms with van der Waals surface area (Å²) in [5, 5.41) is 10.8. The largest absolute Gasteiger partial charge is 0.425 e. The van der Waals surface area contributed by atoms with Crippen LogP contribution in [0.15, 0.2) is 71.1 Å². The molecule has 4 nitrogen and oxygen atoms in total. The van der Waals surface area contributed by atoms with E-state index in [9.17, 15) is 26.7 Å². The van der Waals surface area contributed by atoms with Crippen molar-refractivity contribution in [3.05, 3.63) is 71.8 Å². The molecule has 0 bridgehead atoms. The molecule has 0 aromatic heterocycles. The van der Waals surface area contributed by atoms with Crippen molar-refractivity contribution in [1.29, 1.82) is 0 Å². The lowest BCUT2D eigenvalue weighted by atomic mass is 9.80. The van der Waals surface area contributed by atoms with E-state index < -0.39 is 21.8 Å². The topological polar surface area (TPSA) is 57.6 Å². The van der Waals surface area contributed by atoms with Gasteiger partial charge in [0.05, 0.1) is 10.6 Å². The van der Waals surface area contributed by atoms with E-state index in [1.807, 2.05) is 13.8 Å². The molecule has 0 spiro atoms. The average molecular weight is 468 g/mol.